The van der Waals surface area contributed by atoms with Gasteiger partial charge in [-0.25, -0.2) is 4.98 Å². The lowest BCUT2D eigenvalue weighted by Crippen LogP contribution is -2.36. The van der Waals surface area contributed by atoms with Crippen molar-refractivity contribution in [3.63, 3.8) is 0 Å². The summed E-state index contributed by atoms with van der Waals surface area (Å²) < 4.78 is 0. The van der Waals surface area contributed by atoms with Gasteiger partial charge in [-0.3, -0.25) is 4.79 Å². The third-order valence-corrected chi connectivity index (χ3v) is 3.80. The molecule has 0 fully saturated rings. The Kier molecular flexibility index (Phi) is 2.53. The molecule has 0 spiro atoms. The quantitative estimate of drug-likeness (QED) is 0.701. The van der Waals surface area contributed by atoms with Crippen LogP contribution in [0, 0.1) is 6.92 Å². The van der Waals surface area contributed by atoms with E-state index in [1.165, 1.54) is 0 Å². The van der Waals surface area contributed by atoms with Crippen LogP contribution in [0.1, 0.15) is 27.6 Å². The second-order valence-electron chi connectivity index (χ2n) is 5.25. The predicted molar refractivity (Wildman–Crippen MR) is 75.7 cm³/mol. The zero-order valence-corrected chi connectivity index (χ0v) is 11.6. The number of hydrogen-bond acceptors (Lipinski definition) is 4. The molecule has 3 aromatic rings. The highest BCUT2D eigenvalue weighted by Crippen LogP contribution is 2.20. The van der Waals surface area contributed by atoms with Crippen molar-refractivity contribution in [2.75, 3.05) is 6.54 Å². The van der Waals surface area contributed by atoms with Crippen LogP contribution >= 0.6 is 0 Å². The second kappa shape index (κ2) is 4.41. The van der Waals surface area contributed by atoms with Crippen LogP contribution in [-0.4, -0.2) is 42.7 Å². The number of aromatic nitrogens is 5. The molecule has 7 nitrogen and oxygen atoms in total. The smallest absolute Gasteiger partial charge is 0.254 e. The number of fused-ring (bicyclic) bond motifs is 2. The fourth-order valence-corrected chi connectivity index (χ4v) is 2.77. The Hall–Kier alpha value is -2.70. The molecule has 2 N–H and O–H groups in total. The van der Waals surface area contributed by atoms with Crippen LogP contribution in [0.3, 0.4) is 0 Å². The number of carbonyl (C=O) groups excluding carboxylic acids is 1. The Morgan fingerprint density at radius 3 is 3.05 bits per heavy atom. The molecule has 106 valence electrons. The zero-order chi connectivity index (χ0) is 14.4. The Balaban J connectivity index is 1.62. The minimum atomic E-state index is 0.0119. The first-order valence-electron chi connectivity index (χ1n) is 6.85. The zero-order valence-electron chi connectivity index (χ0n) is 11.6. The monoisotopic (exact) mass is 282 g/mol. The molecule has 0 saturated carbocycles. The molecule has 1 amide bonds. The maximum Gasteiger partial charge on any atom is 0.254 e. The van der Waals surface area contributed by atoms with Crippen LogP contribution < -0.4 is 0 Å². The number of nitrogens with zero attached hydrogens (tertiary/aromatic N) is 4. The van der Waals surface area contributed by atoms with Crippen LogP contribution in [-0.2, 0) is 13.0 Å². The van der Waals surface area contributed by atoms with Gasteiger partial charge in [-0.15, -0.1) is 0 Å². The summed E-state index contributed by atoms with van der Waals surface area (Å²) in [7, 11) is 0. The van der Waals surface area contributed by atoms with Crippen LogP contribution in [0.15, 0.2) is 18.2 Å². The standard InChI is InChI=1S/C14H14N6O/c1-8-15-10-4-5-20(7-13(10)16-8)14(21)9-2-3-11-12(6-9)18-19-17-11/h2-3,6H,4-5,7H2,1H3,(H,15,16)(H,17,18,19). The topological polar surface area (TPSA) is 90.6 Å². The molecule has 0 bridgehead atoms. The summed E-state index contributed by atoms with van der Waals surface area (Å²) in [6.45, 7) is 3.20. The van der Waals surface area contributed by atoms with Gasteiger partial charge in [0.15, 0.2) is 0 Å². The van der Waals surface area contributed by atoms with Gasteiger partial charge in [-0.05, 0) is 25.1 Å². The molecule has 2 aromatic heterocycles. The summed E-state index contributed by atoms with van der Waals surface area (Å²) >= 11 is 0. The normalized spacial score (nSPS) is 14.4. The molecule has 1 aliphatic rings. The van der Waals surface area contributed by atoms with Gasteiger partial charge >= 0.3 is 0 Å². The van der Waals surface area contributed by atoms with E-state index in [0.29, 0.717) is 24.2 Å². The number of hydrogen-bond donors (Lipinski definition) is 2. The van der Waals surface area contributed by atoms with E-state index in [-0.39, 0.29) is 5.91 Å². The number of imidazole rings is 1. The molecule has 0 radical (unpaired) electrons. The minimum absolute atomic E-state index is 0.0119. The maximum atomic E-state index is 12.6. The van der Waals surface area contributed by atoms with E-state index in [4.69, 9.17) is 0 Å². The van der Waals surface area contributed by atoms with Gasteiger partial charge < -0.3 is 9.88 Å². The number of H-pyrrole nitrogens is 2. The fourth-order valence-electron chi connectivity index (χ4n) is 2.77. The first-order valence-corrected chi connectivity index (χ1v) is 6.85. The van der Waals surface area contributed by atoms with Crippen molar-refractivity contribution in [1.29, 1.82) is 0 Å². The molecular formula is C14H14N6O. The van der Waals surface area contributed by atoms with Gasteiger partial charge in [-0.2, -0.15) is 15.4 Å². The molecule has 1 aromatic carbocycles. The van der Waals surface area contributed by atoms with E-state index < -0.39 is 0 Å². The molecule has 1 aliphatic heterocycles. The average molecular weight is 282 g/mol. The number of aryl methyl sites for hydroxylation is 1. The molecule has 0 saturated heterocycles. The summed E-state index contributed by atoms with van der Waals surface area (Å²) in [4.78, 5) is 22.1. The van der Waals surface area contributed by atoms with Crippen molar-refractivity contribution < 1.29 is 4.79 Å². The van der Waals surface area contributed by atoms with Gasteiger partial charge in [0, 0.05) is 18.5 Å². The van der Waals surface area contributed by atoms with E-state index in [0.717, 1.165) is 29.1 Å². The summed E-state index contributed by atoms with van der Waals surface area (Å²) in [6, 6.07) is 5.37. The largest absolute Gasteiger partial charge is 0.344 e. The molecular weight excluding hydrogens is 268 g/mol. The Labute approximate surface area is 120 Å². The van der Waals surface area contributed by atoms with Gasteiger partial charge in [0.25, 0.3) is 5.91 Å². The van der Waals surface area contributed by atoms with Crippen molar-refractivity contribution in [2.24, 2.45) is 0 Å². The molecule has 0 unspecified atom stereocenters. The Morgan fingerprint density at radius 1 is 1.29 bits per heavy atom. The van der Waals surface area contributed by atoms with Gasteiger partial charge in [0.05, 0.1) is 17.9 Å². The predicted octanol–water partition coefficient (Wildman–Crippen LogP) is 1.19. The lowest BCUT2D eigenvalue weighted by molar-refractivity contribution is 0.0732. The van der Waals surface area contributed by atoms with Crippen molar-refractivity contribution in [1.82, 2.24) is 30.3 Å². The maximum absolute atomic E-state index is 12.6. The highest BCUT2D eigenvalue weighted by molar-refractivity contribution is 5.97. The van der Waals surface area contributed by atoms with Crippen LogP contribution in [0.2, 0.25) is 0 Å². The lowest BCUT2D eigenvalue weighted by atomic mass is 10.1. The molecule has 3 heterocycles. The van der Waals surface area contributed by atoms with Crippen molar-refractivity contribution in [3.05, 3.63) is 41.0 Å². The third kappa shape index (κ3) is 1.97. The van der Waals surface area contributed by atoms with Crippen LogP contribution in [0.5, 0.6) is 0 Å². The fraction of sp³-hybridized carbons (Fsp3) is 0.286. The number of nitrogens with one attached hydrogen (secondary N) is 2. The summed E-state index contributed by atoms with van der Waals surface area (Å²) in [5.74, 6) is 0.913. The van der Waals surface area contributed by atoms with E-state index >= 15 is 0 Å². The van der Waals surface area contributed by atoms with Gasteiger partial charge in [0.1, 0.15) is 16.9 Å². The third-order valence-electron chi connectivity index (χ3n) is 3.80. The number of benzene rings is 1. The lowest BCUT2D eigenvalue weighted by Gasteiger charge is -2.26. The number of carbonyl (C=O) groups is 1. The summed E-state index contributed by atoms with van der Waals surface area (Å²) in [5.41, 5.74) is 4.21. The van der Waals surface area contributed by atoms with Gasteiger partial charge in [-0.1, -0.05) is 0 Å². The highest BCUT2D eigenvalue weighted by Gasteiger charge is 2.24. The summed E-state index contributed by atoms with van der Waals surface area (Å²) in [6.07, 6.45) is 0.789. The number of aromatic amines is 2. The Morgan fingerprint density at radius 2 is 2.14 bits per heavy atom. The van der Waals surface area contributed by atoms with Crippen molar-refractivity contribution in [2.45, 2.75) is 19.9 Å². The first kappa shape index (κ1) is 12.1. The van der Waals surface area contributed by atoms with Crippen molar-refractivity contribution >= 4 is 16.9 Å². The van der Waals surface area contributed by atoms with Crippen LogP contribution in [0.25, 0.3) is 11.0 Å². The van der Waals surface area contributed by atoms with Crippen molar-refractivity contribution in [3.8, 4) is 0 Å². The highest BCUT2D eigenvalue weighted by atomic mass is 16.2. The summed E-state index contributed by atoms with van der Waals surface area (Å²) in [5, 5.41) is 10.6. The molecule has 0 atom stereocenters. The average Bonchev–Trinajstić information content (AvgIpc) is 3.09. The molecule has 7 heteroatoms. The molecule has 21 heavy (non-hydrogen) atoms. The first-order chi connectivity index (χ1) is 10.2. The number of rotatable bonds is 1. The van der Waals surface area contributed by atoms with E-state index in [2.05, 4.69) is 25.4 Å². The van der Waals surface area contributed by atoms with E-state index in [1.54, 1.807) is 12.1 Å². The molecule has 0 aliphatic carbocycles. The van der Waals surface area contributed by atoms with E-state index in [9.17, 15) is 4.79 Å². The second-order valence-corrected chi connectivity index (χ2v) is 5.25. The van der Waals surface area contributed by atoms with Gasteiger partial charge in [0.2, 0.25) is 0 Å². The SMILES string of the molecule is Cc1nc2c([nH]1)CN(C(=O)c1ccc3n[nH]nc3c1)CC2. The number of amides is 1. The van der Waals surface area contributed by atoms with Crippen LogP contribution in [0.4, 0.5) is 0 Å². The molecule has 4 rings (SSSR count). The van der Waals surface area contributed by atoms with E-state index in [1.807, 2.05) is 17.9 Å². The minimum Gasteiger partial charge on any atom is -0.344 e. The Bertz CT molecular complexity index is 833.